The number of thiophene rings is 1. The van der Waals surface area contributed by atoms with Gasteiger partial charge in [-0.15, -0.1) is 11.3 Å². The molecular formula is C14H20N4O3S2. The van der Waals surface area contributed by atoms with Crippen LogP contribution in [0.15, 0.2) is 15.9 Å². The minimum atomic E-state index is -3.59. The molecule has 0 aliphatic carbocycles. The number of hydrogen-bond donors (Lipinski definition) is 1. The molecule has 1 aliphatic heterocycles. The summed E-state index contributed by atoms with van der Waals surface area (Å²) in [6.45, 7) is 6.69. The first kappa shape index (κ1) is 16.6. The molecule has 3 rings (SSSR count). The zero-order valence-electron chi connectivity index (χ0n) is 13.2. The van der Waals surface area contributed by atoms with Gasteiger partial charge >= 0.3 is 0 Å². The van der Waals surface area contributed by atoms with E-state index >= 15 is 0 Å². The maximum absolute atomic E-state index is 11.3. The van der Waals surface area contributed by atoms with Gasteiger partial charge in [-0.25, -0.2) is 10.1 Å². The van der Waals surface area contributed by atoms with Crippen LogP contribution in [0.4, 0.5) is 0 Å². The summed E-state index contributed by atoms with van der Waals surface area (Å²) < 4.78 is 29.8. The average Bonchev–Trinajstić information content (AvgIpc) is 3.05. The third kappa shape index (κ3) is 3.64. The van der Waals surface area contributed by atoms with Crippen molar-refractivity contribution < 1.29 is 12.8 Å². The Morgan fingerprint density at radius 2 is 2.00 bits per heavy atom. The molecule has 2 aromatic rings. The molecule has 3 heterocycles. The van der Waals surface area contributed by atoms with Crippen LogP contribution in [0.5, 0.6) is 0 Å². The largest absolute Gasteiger partial charge is 0.440 e. The van der Waals surface area contributed by atoms with E-state index < -0.39 is 10.2 Å². The van der Waals surface area contributed by atoms with Crippen molar-refractivity contribution >= 4 is 21.5 Å². The third-order valence-electron chi connectivity index (χ3n) is 4.01. The lowest BCUT2D eigenvalue weighted by Crippen LogP contribution is -2.50. The van der Waals surface area contributed by atoms with Gasteiger partial charge in [-0.3, -0.25) is 4.90 Å². The SMILES string of the molecule is Cc1ccsc1-c1nc(CN2CCN(S(N)(=O)=O)CC2)c(C)o1. The van der Waals surface area contributed by atoms with Crippen molar-refractivity contribution in [2.24, 2.45) is 5.14 Å². The van der Waals surface area contributed by atoms with E-state index in [0.717, 1.165) is 21.9 Å². The molecule has 0 unspecified atom stereocenters. The fourth-order valence-electron chi connectivity index (χ4n) is 2.62. The molecule has 1 fully saturated rings. The van der Waals surface area contributed by atoms with E-state index in [9.17, 15) is 8.42 Å². The van der Waals surface area contributed by atoms with Gasteiger partial charge in [0.15, 0.2) is 0 Å². The van der Waals surface area contributed by atoms with E-state index in [1.54, 1.807) is 11.3 Å². The molecule has 126 valence electrons. The Morgan fingerprint density at radius 1 is 1.30 bits per heavy atom. The summed E-state index contributed by atoms with van der Waals surface area (Å²) in [5, 5.41) is 7.18. The molecule has 0 bridgehead atoms. The minimum absolute atomic E-state index is 0.409. The Labute approximate surface area is 139 Å². The molecule has 0 saturated carbocycles. The highest BCUT2D eigenvalue weighted by Gasteiger charge is 2.25. The van der Waals surface area contributed by atoms with Gasteiger partial charge in [0.25, 0.3) is 10.2 Å². The van der Waals surface area contributed by atoms with Crippen LogP contribution in [0.3, 0.4) is 0 Å². The summed E-state index contributed by atoms with van der Waals surface area (Å²) in [6.07, 6.45) is 0. The first-order valence-corrected chi connectivity index (χ1v) is 9.74. The van der Waals surface area contributed by atoms with Gasteiger partial charge in [0.05, 0.1) is 10.6 Å². The van der Waals surface area contributed by atoms with Crippen LogP contribution in [0.25, 0.3) is 10.8 Å². The molecular weight excluding hydrogens is 336 g/mol. The van der Waals surface area contributed by atoms with Crippen LogP contribution in [-0.4, -0.2) is 48.8 Å². The van der Waals surface area contributed by atoms with Crippen LogP contribution < -0.4 is 5.14 Å². The molecule has 9 heteroatoms. The Hall–Kier alpha value is -1.26. The number of piperazine rings is 1. The van der Waals surface area contributed by atoms with E-state index in [2.05, 4.69) is 9.88 Å². The third-order valence-corrected chi connectivity index (χ3v) is 6.10. The Kier molecular flexibility index (Phi) is 4.56. The number of oxazole rings is 1. The Bertz CT molecular complexity index is 789. The molecule has 2 aromatic heterocycles. The summed E-state index contributed by atoms with van der Waals surface area (Å²) in [5.41, 5.74) is 2.06. The molecule has 0 atom stereocenters. The monoisotopic (exact) mass is 356 g/mol. The topological polar surface area (TPSA) is 92.7 Å². The maximum atomic E-state index is 11.3. The summed E-state index contributed by atoms with van der Waals surface area (Å²) >= 11 is 1.62. The van der Waals surface area contributed by atoms with E-state index in [1.807, 2.05) is 25.3 Å². The summed E-state index contributed by atoms with van der Waals surface area (Å²) in [5.74, 6) is 1.47. The summed E-state index contributed by atoms with van der Waals surface area (Å²) in [4.78, 5) is 7.84. The highest BCUT2D eigenvalue weighted by atomic mass is 32.2. The molecule has 23 heavy (non-hydrogen) atoms. The van der Waals surface area contributed by atoms with Crippen LogP contribution in [0, 0.1) is 13.8 Å². The van der Waals surface area contributed by atoms with Gasteiger partial charge in [0.1, 0.15) is 5.76 Å². The fraction of sp³-hybridized carbons (Fsp3) is 0.500. The van der Waals surface area contributed by atoms with Crippen molar-refractivity contribution in [3.8, 4) is 10.8 Å². The number of rotatable bonds is 4. The molecule has 0 radical (unpaired) electrons. The van der Waals surface area contributed by atoms with E-state index in [-0.39, 0.29) is 0 Å². The standard InChI is InChI=1S/C14H20N4O3S2/c1-10-3-8-22-13(10)14-16-12(11(2)21-14)9-17-4-6-18(7-5-17)23(15,19)20/h3,8H,4-7,9H2,1-2H3,(H2,15,19,20). The normalized spacial score (nSPS) is 17.7. The van der Waals surface area contributed by atoms with Gasteiger partial charge in [-0.2, -0.15) is 12.7 Å². The molecule has 0 spiro atoms. The zero-order chi connectivity index (χ0) is 16.6. The van der Waals surface area contributed by atoms with Gasteiger partial charge in [0.2, 0.25) is 5.89 Å². The number of hydrogen-bond acceptors (Lipinski definition) is 6. The number of aryl methyl sites for hydroxylation is 2. The highest BCUT2D eigenvalue weighted by Crippen LogP contribution is 2.30. The van der Waals surface area contributed by atoms with Crippen molar-refractivity contribution in [3.63, 3.8) is 0 Å². The molecule has 0 amide bonds. The van der Waals surface area contributed by atoms with E-state index in [0.29, 0.717) is 38.6 Å². The Morgan fingerprint density at radius 3 is 2.57 bits per heavy atom. The van der Waals surface area contributed by atoms with Gasteiger partial charge in [-0.05, 0) is 30.9 Å². The van der Waals surface area contributed by atoms with Crippen LogP contribution in [0.2, 0.25) is 0 Å². The summed E-state index contributed by atoms with van der Waals surface area (Å²) in [7, 11) is -3.59. The quantitative estimate of drug-likeness (QED) is 0.892. The lowest BCUT2D eigenvalue weighted by Gasteiger charge is -2.32. The highest BCUT2D eigenvalue weighted by molar-refractivity contribution is 7.86. The van der Waals surface area contributed by atoms with Crippen LogP contribution in [0.1, 0.15) is 17.0 Å². The first-order valence-electron chi connectivity index (χ1n) is 7.35. The zero-order valence-corrected chi connectivity index (χ0v) is 14.8. The van der Waals surface area contributed by atoms with Gasteiger partial charge in [0, 0.05) is 32.7 Å². The van der Waals surface area contributed by atoms with Crippen molar-refractivity contribution in [3.05, 3.63) is 28.5 Å². The van der Waals surface area contributed by atoms with E-state index in [4.69, 9.17) is 9.56 Å². The van der Waals surface area contributed by atoms with Crippen molar-refractivity contribution in [2.75, 3.05) is 26.2 Å². The van der Waals surface area contributed by atoms with Crippen molar-refractivity contribution in [1.82, 2.24) is 14.2 Å². The number of nitrogens with two attached hydrogens (primary N) is 1. The van der Waals surface area contributed by atoms with Crippen LogP contribution >= 0.6 is 11.3 Å². The minimum Gasteiger partial charge on any atom is -0.440 e. The first-order chi connectivity index (χ1) is 10.8. The van der Waals surface area contributed by atoms with Crippen molar-refractivity contribution in [2.45, 2.75) is 20.4 Å². The predicted molar refractivity (Wildman–Crippen MR) is 89.2 cm³/mol. The van der Waals surface area contributed by atoms with Crippen LogP contribution in [-0.2, 0) is 16.8 Å². The molecule has 0 aromatic carbocycles. The molecule has 2 N–H and O–H groups in total. The Balaban J connectivity index is 1.68. The summed E-state index contributed by atoms with van der Waals surface area (Å²) in [6, 6.07) is 2.05. The van der Waals surface area contributed by atoms with Gasteiger partial charge < -0.3 is 4.42 Å². The predicted octanol–water partition coefficient (Wildman–Crippen LogP) is 1.34. The lowest BCUT2D eigenvalue weighted by atomic mass is 10.3. The fourth-order valence-corrected chi connectivity index (χ4v) is 4.14. The second-order valence-corrected chi connectivity index (χ2v) is 8.14. The van der Waals surface area contributed by atoms with Gasteiger partial charge in [-0.1, -0.05) is 0 Å². The maximum Gasteiger partial charge on any atom is 0.276 e. The van der Waals surface area contributed by atoms with E-state index in [1.165, 1.54) is 4.31 Å². The molecule has 1 aliphatic rings. The lowest BCUT2D eigenvalue weighted by molar-refractivity contribution is 0.179. The smallest absolute Gasteiger partial charge is 0.276 e. The average molecular weight is 356 g/mol. The number of aromatic nitrogens is 1. The molecule has 1 saturated heterocycles. The van der Waals surface area contributed by atoms with Crippen molar-refractivity contribution in [1.29, 1.82) is 0 Å². The molecule has 7 nitrogen and oxygen atoms in total. The number of nitrogens with zero attached hydrogens (tertiary/aromatic N) is 3. The second kappa shape index (κ2) is 6.33. The second-order valence-electron chi connectivity index (χ2n) is 5.67.